The second-order valence-electron chi connectivity index (χ2n) is 18.0. The summed E-state index contributed by atoms with van der Waals surface area (Å²) in [5.41, 5.74) is 6.99. The molecular formula is C62H63N3O7S2. The molecule has 3 amide bonds. The zero-order valence-corrected chi connectivity index (χ0v) is 42.9. The molecule has 5 atom stereocenters. The summed E-state index contributed by atoms with van der Waals surface area (Å²) in [5, 5.41) is 40.4. The largest absolute Gasteiger partial charge is 0.481 e. The van der Waals surface area contributed by atoms with Gasteiger partial charge in [-0.2, -0.15) is 0 Å². The smallest absolute Gasteiger partial charge is 0.306 e. The number of carboxylic acid groups (broad SMARTS) is 1. The molecule has 0 heterocycles. The van der Waals surface area contributed by atoms with Gasteiger partial charge in [-0.05, 0) is 64.5 Å². The molecule has 0 aliphatic heterocycles. The summed E-state index contributed by atoms with van der Waals surface area (Å²) in [4.78, 5) is 54.1. The van der Waals surface area contributed by atoms with Crippen molar-refractivity contribution in [3.05, 3.63) is 263 Å². The molecule has 7 aromatic carbocycles. The second-order valence-corrected chi connectivity index (χ2v) is 20.6. The van der Waals surface area contributed by atoms with Gasteiger partial charge in [-0.25, -0.2) is 0 Å². The molecule has 7 rings (SSSR count). The van der Waals surface area contributed by atoms with Crippen molar-refractivity contribution in [3.8, 4) is 0 Å². The SMILES string of the molecule is C[C@@H](NC(=O)C[C@H](O)/C=C/CCSC(c1ccccc1)(c1ccccc1)c1ccccc1)C(=O)N[C@H](CSC(c1ccccc1)(c1ccccc1)c1ccccc1)C(=O)N[C@H](Cc1ccccc1)[C@@H](O)CC(=O)O. The van der Waals surface area contributed by atoms with Crippen molar-refractivity contribution >= 4 is 47.2 Å². The first-order valence-corrected chi connectivity index (χ1v) is 26.8. The maximum absolute atomic E-state index is 14.7. The van der Waals surface area contributed by atoms with Crippen molar-refractivity contribution in [2.75, 3.05) is 11.5 Å². The van der Waals surface area contributed by atoms with Crippen LogP contribution in [0.3, 0.4) is 0 Å². The third kappa shape index (κ3) is 14.3. The molecule has 0 spiro atoms. The Morgan fingerprint density at radius 1 is 0.514 bits per heavy atom. The van der Waals surface area contributed by atoms with Gasteiger partial charge >= 0.3 is 5.97 Å². The number of thioether (sulfide) groups is 2. The van der Waals surface area contributed by atoms with E-state index in [1.807, 2.05) is 182 Å². The summed E-state index contributed by atoms with van der Waals surface area (Å²) in [7, 11) is 0. The molecule has 0 aliphatic rings. The van der Waals surface area contributed by atoms with Crippen LogP contribution in [0.1, 0.15) is 65.1 Å². The summed E-state index contributed by atoms with van der Waals surface area (Å²) in [5.74, 6) is -2.40. The normalized spacial score (nSPS) is 13.7. The minimum absolute atomic E-state index is 0.00889. The van der Waals surface area contributed by atoms with Crippen molar-refractivity contribution in [2.45, 2.75) is 72.4 Å². The zero-order chi connectivity index (χ0) is 52.2. The van der Waals surface area contributed by atoms with E-state index in [2.05, 4.69) is 52.3 Å². The minimum Gasteiger partial charge on any atom is -0.481 e. The van der Waals surface area contributed by atoms with Crippen LogP contribution in [0.15, 0.2) is 224 Å². The number of aliphatic carboxylic acids is 1. The van der Waals surface area contributed by atoms with Crippen LogP contribution in [0, 0.1) is 0 Å². The number of aliphatic hydroxyl groups is 2. The Kier molecular flexibility index (Phi) is 20.0. The number of hydrogen-bond donors (Lipinski definition) is 6. The Hall–Kier alpha value is -7.22. The lowest BCUT2D eigenvalue weighted by atomic mass is 9.84. The molecule has 0 unspecified atom stereocenters. The Labute approximate surface area is 442 Å². The number of hydrogen-bond acceptors (Lipinski definition) is 8. The Bertz CT molecular complexity index is 2670. The zero-order valence-electron chi connectivity index (χ0n) is 41.3. The number of carboxylic acids is 1. The van der Waals surface area contributed by atoms with Crippen LogP contribution < -0.4 is 16.0 Å². The van der Waals surface area contributed by atoms with Gasteiger partial charge in [0.25, 0.3) is 0 Å². The van der Waals surface area contributed by atoms with E-state index in [9.17, 15) is 34.5 Å². The molecule has 0 bridgehead atoms. The van der Waals surface area contributed by atoms with Crippen molar-refractivity contribution in [1.29, 1.82) is 0 Å². The highest BCUT2D eigenvalue weighted by atomic mass is 32.2. The fourth-order valence-corrected chi connectivity index (χ4v) is 12.2. The van der Waals surface area contributed by atoms with Crippen LogP contribution in [0.5, 0.6) is 0 Å². The highest BCUT2D eigenvalue weighted by molar-refractivity contribution is 8.00. The van der Waals surface area contributed by atoms with Crippen LogP contribution in [0.4, 0.5) is 0 Å². The Morgan fingerprint density at radius 3 is 1.31 bits per heavy atom. The molecule has 0 aliphatic carbocycles. The molecule has 12 heteroatoms. The standard InChI is InChI=1S/C62H63N3O7S2/c1-45(63-57(68)42-53(66)39-23-24-40-73-61(47-27-11-3-12-28-47,48-29-13-4-14-30-48)49-31-15-5-16-32-49)59(71)65-55(60(72)64-54(56(67)43-58(69)70)41-46-25-9-2-10-26-46)44-74-62(50-33-17-6-18-34-50,51-35-19-7-20-36-51)52-37-21-8-22-38-52/h2-23,25-39,45,53-56,66-67H,24,40-44H2,1H3,(H,63,68)(H,64,72)(H,65,71)(H,69,70)/b39-23+/t45-,53-,54-,55-,56+/m1/s1. The van der Waals surface area contributed by atoms with E-state index in [0.29, 0.717) is 12.2 Å². The van der Waals surface area contributed by atoms with E-state index in [0.717, 1.165) is 38.9 Å². The molecule has 0 saturated heterocycles. The van der Waals surface area contributed by atoms with Crippen LogP contribution in [0.25, 0.3) is 0 Å². The van der Waals surface area contributed by atoms with Crippen LogP contribution in [0.2, 0.25) is 0 Å². The highest BCUT2D eigenvalue weighted by Crippen LogP contribution is 2.50. The first-order valence-electron chi connectivity index (χ1n) is 24.8. The van der Waals surface area contributed by atoms with Gasteiger partial charge in [-0.3, -0.25) is 19.2 Å². The maximum Gasteiger partial charge on any atom is 0.306 e. The summed E-state index contributed by atoms with van der Waals surface area (Å²) in [6, 6.07) is 66.5. The number of allylic oxidation sites excluding steroid dienone is 1. The molecule has 380 valence electrons. The van der Waals surface area contributed by atoms with Gasteiger partial charge < -0.3 is 31.3 Å². The Morgan fingerprint density at radius 2 is 0.905 bits per heavy atom. The van der Waals surface area contributed by atoms with Crippen molar-refractivity contribution in [3.63, 3.8) is 0 Å². The van der Waals surface area contributed by atoms with E-state index < -0.39 is 69.9 Å². The monoisotopic (exact) mass is 1030 g/mol. The lowest BCUT2D eigenvalue weighted by Crippen LogP contribution is -2.57. The van der Waals surface area contributed by atoms with Gasteiger partial charge in [0.05, 0.1) is 40.6 Å². The van der Waals surface area contributed by atoms with Crippen molar-refractivity contribution in [2.24, 2.45) is 0 Å². The quantitative estimate of drug-likeness (QED) is 0.0176. The average molecular weight is 1030 g/mol. The van der Waals surface area contributed by atoms with E-state index in [1.165, 1.54) is 18.7 Å². The first-order chi connectivity index (χ1) is 36.0. The lowest BCUT2D eigenvalue weighted by molar-refractivity contribution is -0.140. The van der Waals surface area contributed by atoms with Crippen molar-refractivity contribution in [1.82, 2.24) is 16.0 Å². The third-order valence-corrected chi connectivity index (χ3v) is 16.0. The molecule has 0 radical (unpaired) electrons. The molecule has 0 saturated carbocycles. The molecule has 7 aromatic rings. The van der Waals surface area contributed by atoms with Gasteiger partial charge in [0.2, 0.25) is 17.7 Å². The number of carbonyl (C=O) groups is 4. The lowest BCUT2D eigenvalue weighted by Gasteiger charge is -2.37. The molecule has 74 heavy (non-hydrogen) atoms. The number of rotatable bonds is 26. The molecule has 0 fully saturated rings. The molecule has 6 N–H and O–H groups in total. The summed E-state index contributed by atoms with van der Waals surface area (Å²) < 4.78 is -1.37. The first kappa shape index (κ1) is 54.6. The second kappa shape index (κ2) is 27.2. The van der Waals surface area contributed by atoms with Crippen molar-refractivity contribution < 1.29 is 34.5 Å². The number of aliphatic hydroxyl groups excluding tert-OH is 2. The van der Waals surface area contributed by atoms with Crippen LogP contribution >= 0.6 is 23.5 Å². The number of amides is 3. The van der Waals surface area contributed by atoms with Gasteiger partial charge in [0.1, 0.15) is 12.1 Å². The third-order valence-electron chi connectivity index (χ3n) is 12.8. The summed E-state index contributed by atoms with van der Waals surface area (Å²) in [6.45, 7) is 1.50. The van der Waals surface area contributed by atoms with Gasteiger partial charge in [-0.1, -0.05) is 224 Å². The van der Waals surface area contributed by atoms with Crippen LogP contribution in [-0.2, 0) is 35.1 Å². The fourth-order valence-electron chi connectivity index (χ4n) is 9.14. The summed E-state index contributed by atoms with van der Waals surface area (Å²) in [6.07, 6.45) is 0.678. The predicted octanol–water partition coefficient (Wildman–Crippen LogP) is 9.69. The fraction of sp³-hybridized carbons (Fsp3) is 0.226. The topological polar surface area (TPSA) is 165 Å². The maximum atomic E-state index is 14.7. The van der Waals surface area contributed by atoms with Gasteiger partial charge in [0, 0.05) is 5.75 Å². The van der Waals surface area contributed by atoms with Gasteiger partial charge in [0.15, 0.2) is 0 Å². The summed E-state index contributed by atoms with van der Waals surface area (Å²) >= 11 is 3.24. The Balaban J connectivity index is 1.06. The number of nitrogens with one attached hydrogen (secondary N) is 3. The number of benzene rings is 7. The van der Waals surface area contributed by atoms with E-state index in [4.69, 9.17) is 0 Å². The van der Waals surface area contributed by atoms with E-state index >= 15 is 0 Å². The number of carbonyl (C=O) groups excluding carboxylic acids is 3. The van der Waals surface area contributed by atoms with E-state index in [1.54, 1.807) is 17.8 Å². The van der Waals surface area contributed by atoms with Crippen LogP contribution in [-0.4, -0.2) is 80.8 Å². The molecular weight excluding hydrogens is 963 g/mol. The van der Waals surface area contributed by atoms with E-state index in [-0.39, 0.29) is 18.6 Å². The van der Waals surface area contributed by atoms with Gasteiger partial charge in [-0.15, -0.1) is 23.5 Å². The highest BCUT2D eigenvalue weighted by Gasteiger charge is 2.40. The molecule has 10 nitrogen and oxygen atoms in total. The predicted molar refractivity (Wildman–Crippen MR) is 298 cm³/mol. The minimum atomic E-state index is -1.46. The molecule has 0 aromatic heterocycles. The average Bonchev–Trinajstić information content (AvgIpc) is 3.43.